The zero-order valence-electron chi connectivity index (χ0n) is 16.0. The van der Waals surface area contributed by atoms with E-state index in [0.29, 0.717) is 22.8 Å². The van der Waals surface area contributed by atoms with Crippen LogP contribution in [-0.4, -0.2) is 23.6 Å². The molecule has 0 saturated heterocycles. The molecule has 4 rings (SSSR count). The first kappa shape index (κ1) is 17.8. The van der Waals surface area contributed by atoms with E-state index in [1.54, 1.807) is 16.8 Å². The number of hydrogen-bond donors (Lipinski definition) is 0. The van der Waals surface area contributed by atoms with Gasteiger partial charge in [0.1, 0.15) is 0 Å². The van der Waals surface area contributed by atoms with Gasteiger partial charge in [0.2, 0.25) is 5.69 Å². The van der Waals surface area contributed by atoms with Crippen molar-refractivity contribution in [2.24, 2.45) is 11.3 Å². The lowest BCUT2D eigenvalue weighted by Gasteiger charge is -2.54. The van der Waals surface area contributed by atoms with Gasteiger partial charge in [-0.15, -0.1) is 0 Å². The van der Waals surface area contributed by atoms with E-state index in [4.69, 9.17) is 0 Å². The van der Waals surface area contributed by atoms with Crippen molar-refractivity contribution < 1.29 is 4.58 Å². The molecule has 1 saturated carbocycles. The summed E-state index contributed by atoms with van der Waals surface area (Å²) in [6.07, 6.45) is 4.11. The Morgan fingerprint density at radius 2 is 1.58 bits per heavy atom. The van der Waals surface area contributed by atoms with E-state index in [-0.39, 0.29) is 7.85 Å². The molecule has 24 heavy (non-hydrogen) atoms. The smallest absolute Gasteiger partial charge is 0.209 e. The van der Waals surface area contributed by atoms with Crippen molar-refractivity contribution in [3.05, 3.63) is 29.3 Å². The third-order valence-corrected chi connectivity index (χ3v) is 6.49. The number of rotatable bonds is 3. The van der Waals surface area contributed by atoms with Gasteiger partial charge >= 0.3 is 0 Å². The van der Waals surface area contributed by atoms with Crippen LogP contribution in [0.2, 0.25) is 0 Å². The van der Waals surface area contributed by atoms with E-state index < -0.39 is 0 Å². The van der Waals surface area contributed by atoms with Crippen molar-refractivity contribution in [1.29, 1.82) is 0 Å². The molecule has 1 aromatic carbocycles. The van der Waals surface area contributed by atoms with E-state index in [1.165, 1.54) is 19.3 Å². The van der Waals surface area contributed by atoms with Crippen molar-refractivity contribution in [3.63, 3.8) is 0 Å². The molecule has 1 aromatic rings. The molecule has 0 radical (unpaired) electrons. The molecular weight excluding hydrogens is 289 g/mol. The Balaban J connectivity index is 2.35. The van der Waals surface area contributed by atoms with Crippen LogP contribution in [-0.2, 0) is 0 Å². The van der Waals surface area contributed by atoms with Gasteiger partial charge in [-0.3, -0.25) is 0 Å². The highest BCUT2D eigenvalue weighted by atomic mass is 15.1. The Labute approximate surface area is 150 Å². The van der Waals surface area contributed by atoms with Crippen LogP contribution in [0.5, 0.6) is 0 Å². The first-order valence-corrected chi connectivity index (χ1v) is 9.39. The molecule has 2 heteroatoms. The third kappa shape index (κ3) is 2.40. The van der Waals surface area contributed by atoms with Gasteiger partial charge in [0.05, 0.1) is 7.85 Å². The number of benzene rings is 1. The van der Waals surface area contributed by atoms with Gasteiger partial charge in [0.25, 0.3) is 0 Å². The average Bonchev–Trinajstić information content (AvgIpc) is 2.50. The highest BCUT2D eigenvalue weighted by molar-refractivity contribution is 6.59. The van der Waals surface area contributed by atoms with Crippen molar-refractivity contribution >= 4 is 19.1 Å². The highest BCUT2D eigenvalue weighted by Crippen LogP contribution is 2.54. The molecule has 1 nitrogen and oxygen atoms in total. The number of hydrogen-bond acceptors (Lipinski definition) is 0. The van der Waals surface area contributed by atoms with Crippen molar-refractivity contribution in [3.8, 4) is 0 Å². The van der Waals surface area contributed by atoms with Gasteiger partial charge < -0.3 is 0 Å². The predicted octanol–water partition coefficient (Wildman–Crippen LogP) is 4.94. The Morgan fingerprint density at radius 1 is 1.04 bits per heavy atom. The Bertz CT molecular complexity index is 661. The molecule has 2 aliphatic heterocycles. The standard InChI is InChI=1S/C22H36BN/c1-14(2)17-9-8-10-18(15(3)4)19(17)24-20(23)22(7)12-11-21(24,6)13-16(22)5/h8-10,14-16H,11-13H2,1-7,23H3/t16-,21-,22+/m1/s1. The lowest BCUT2D eigenvalue weighted by atomic mass is 9.53. The summed E-state index contributed by atoms with van der Waals surface area (Å²) < 4.78 is 2.89. The van der Waals surface area contributed by atoms with Crippen molar-refractivity contribution in [2.75, 3.05) is 0 Å². The first-order valence-electron chi connectivity index (χ1n) is 9.39. The zero-order chi connectivity index (χ0) is 17.9. The molecule has 132 valence electrons. The molecule has 1 fully saturated rings. The number of nitrogens with zero attached hydrogens (tertiary/aromatic N) is 1. The Morgan fingerprint density at radius 3 is 2.04 bits per heavy atom. The predicted molar refractivity (Wildman–Crippen MR) is 109 cm³/mol. The van der Waals surface area contributed by atoms with E-state index in [0.717, 1.165) is 5.92 Å². The lowest BCUT2D eigenvalue weighted by Crippen LogP contribution is -2.60. The second kappa shape index (κ2) is 5.75. The second-order valence-corrected chi connectivity index (χ2v) is 9.06. The molecule has 1 aliphatic carbocycles. The van der Waals surface area contributed by atoms with E-state index >= 15 is 0 Å². The maximum Gasteiger partial charge on any atom is 0.209 e. The highest BCUT2D eigenvalue weighted by Gasteiger charge is 2.56. The summed E-state index contributed by atoms with van der Waals surface area (Å²) in [6.45, 7) is 17.1. The van der Waals surface area contributed by atoms with Crippen LogP contribution in [0.15, 0.2) is 18.2 Å². The molecular formula is C22H36BN. The third-order valence-electron chi connectivity index (χ3n) is 6.49. The minimum Gasteiger partial charge on any atom is -0.233 e. The molecule has 0 unspecified atom stereocenters. The monoisotopic (exact) mass is 325 g/mol. The summed E-state index contributed by atoms with van der Waals surface area (Å²) in [5.41, 5.74) is 7.37. The van der Waals surface area contributed by atoms with Crippen LogP contribution in [0.4, 0.5) is 5.69 Å². The van der Waals surface area contributed by atoms with Crippen LogP contribution in [0.1, 0.15) is 90.7 Å². The SMILES string of the molecule is [BH3-]C1=[N+](c2c(C(C)C)cccc2C(C)C)[C@]2(C)CC[C@@]1(C)[C@H](C)C2. The van der Waals surface area contributed by atoms with Crippen molar-refractivity contribution in [2.45, 2.75) is 85.1 Å². The first-order chi connectivity index (χ1) is 11.1. The summed E-state index contributed by atoms with van der Waals surface area (Å²) >= 11 is 0. The van der Waals surface area contributed by atoms with Crippen LogP contribution in [0.25, 0.3) is 0 Å². The maximum absolute atomic E-state index is 2.89. The fourth-order valence-electron chi connectivity index (χ4n) is 4.62. The fourth-order valence-corrected chi connectivity index (χ4v) is 4.62. The number of para-hydroxylation sites is 1. The topological polar surface area (TPSA) is 3.01 Å². The van der Waals surface area contributed by atoms with Gasteiger partial charge in [0.15, 0.2) is 5.54 Å². The zero-order valence-corrected chi connectivity index (χ0v) is 16.0. The van der Waals surface area contributed by atoms with Gasteiger partial charge in [0, 0.05) is 36.3 Å². The largest absolute Gasteiger partial charge is 0.233 e. The Hall–Kier alpha value is -1.05. The van der Waals surface area contributed by atoms with Crippen LogP contribution >= 0.6 is 0 Å². The molecule has 2 bridgehead atoms. The molecule has 2 heterocycles. The Kier molecular flexibility index (Phi) is 4.26. The lowest BCUT2D eigenvalue weighted by molar-refractivity contribution is -0.554. The molecule has 0 N–H and O–H groups in total. The molecule has 0 spiro atoms. The van der Waals surface area contributed by atoms with Crippen LogP contribution < -0.4 is 0 Å². The van der Waals surface area contributed by atoms with Gasteiger partial charge in [-0.25, -0.2) is 4.58 Å². The van der Waals surface area contributed by atoms with E-state index in [1.807, 2.05) is 5.61 Å². The molecule has 0 aromatic heterocycles. The molecule has 3 atom stereocenters. The second-order valence-electron chi connectivity index (χ2n) is 9.06. The molecule has 0 amide bonds. The quantitative estimate of drug-likeness (QED) is 0.547. The molecule has 3 aliphatic rings. The minimum atomic E-state index is 0.173. The normalized spacial score (nSPS) is 33.0. The maximum atomic E-state index is 2.89. The average molecular weight is 325 g/mol. The van der Waals surface area contributed by atoms with Crippen molar-refractivity contribution in [1.82, 2.24) is 0 Å². The summed E-state index contributed by atoms with van der Waals surface area (Å²) in [5.74, 6) is 2.01. The summed E-state index contributed by atoms with van der Waals surface area (Å²) in [6, 6.07) is 7.05. The summed E-state index contributed by atoms with van der Waals surface area (Å²) in [4.78, 5) is 0. The van der Waals surface area contributed by atoms with Gasteiger partial charge in [-0.1, -0.05) is 59.7 Å². The van der Waals surface area contributed by atoms with Gasteiger partial charge in [-0.2, -0.15) is 0 Å². The fraction of sp³-hybridized carbons (Fsp3) is 0.682. The summed E-state index contributed by atoms with van der Waals surface area (Å²) in [7, 11) is 0.173. The minimum absolute atomic E-state index is 0.173. The van der Waals surface area contributed by atoms with Crippen LogP contribution in [0.3, 0.4) is 0 Å². The summed E-state index contributed by atoms with van der Waals surface area (Å²) in [5, 5.41) is 0. The van der Waals surface area contributed by atoms with Gasteiger partial charge in [-0.05, 0) is 29.8 Å². The van der Waals surface area contributed by atoms with E-state index in [9.17, 15) is 0 Å². The van der Waals surface area contributed by atoms with Crippen LogP contribution in [0, 0.1) is 11.3 Å². The van der Waals surface area contributed by atoms with E-state index in [2.05, 4.69) is 71.2 Å². The number of fused-ring (bicyclic) bond motifs is 2.